The average Bonchev–Trinajstić information content (AvgIpc) is 3.09. The Hall–Kier alpha value is -2.67. The standard InChI is InChI=1S/C21H24N2O4S/c1-14-6-4-7-16(12-14)18-8-5-11-23(18)21(25)20(24)22-17-13-15(2)9-10-19(17)28(3,26)27/h4,6-7,9-10,12-13,18H,5,8,11H2,1-3H3,(H,22,24)/t18-/m1/s1. The minimum atomic E-state index is -3.54. The van der Waals surface area contributed by atoms with Crippen LogP contribution in [0, 0.1) is 13.8 Å². The predicted molar refractivity (Wildman–Crippen MR) is 108 cm³/mol. The molecule has 0 bridgehead atoms. The van der Waals surface area contributed by atoms with Crippen LogP contribution in [0.4, 0.5) is 5.69 Å². The summed E-state index contributed by atoms with van der Waals surface area (Å²) in [6, 6.07) is 12.4. The second-order valence-electron chi connectivity index (χ2n) is 7.30. The third kappa shape index (κ3) is 4.25. The number of sulfone groups is 1. The molecule has 0 radical (unpaired) electrons. The van der Waals surface area contributed by atoms with Crippen LogP contribution in [-0.2, 0) is 19.4 Å². The van der Waals surface area contributed by atoms with Crippen LogP contribution in [0.15, 0.2) is 47.4 Å². The molecule has 0 aromatic heterocycles. The smallest absolute Gasteiger partial charge is 0.313 e. The van der Waals surface area contributed by atoms with E-state index < -0.39 is 21.7 Å². The van der Waals surface area contributed by atoms with Gasteiger partial charge in [-0.05, 0) is 49.9 Å². The molecule has 2 aromatic rings. The molecule has 1 N–H and O–H groups in total. The zero-order valence-electron chi connectivity index (χ0n) is 16.2. The normalized spacial score (nSPS) is 16.8. The number of nitrogens with one attached hydrogen (secondary N) is 1. The van der Waals surface area contributed by atoms with Crippen LogP contribution in [-0.4, -0.2) is 37.9 Å². The lowest BCUT2D eigenvalue weighted by Gasteiger charge is -2.25. The summed E-state index contributed by atoms with van der Waals surface area (Å²) in [5.41, 5.74) is 3.02. The Morgan fingerprint density at radius 1 is 1.07 bits per heavy atom. The lowest BCUT2D eigenvalue weighted by Crippen LogP contribution is -2.39. The highest BCUT2D eigenvalue weighted by molar-refractivity contribution is 7.90. The molecule has 6 nitrogen and oxygen atoms in total. The first-order valence-corrected chi connectivity index (χ1v) is 11.0. The number of anilines is 1. The van der Waals surface area contributed by atoms with Crippen molar-refractivity contribution in [2.45, 2.75) is 37.6 Å². The predicted octanol–water partition coefficient (Wildman–Crippen LogP) is 3.01. The maximum Gasteiger partial charge on any atom is 0.313 e. The Morgan fingerprint density at radius 3 is 2.46 bits per heavy atom. The molecule has 7 heteroatoms. The third-order valence-corrected chi connectivity index (χ3v) is 6.07. The van der Waals surface area contributed by atoms with Crippen LogP contribution in [0.1, 0.15) is 35.6 Å². The fraction of sp³-hybridized carbons (Fsp3) is 0.333. The summed E-state index contributed by atoms with van der Waals surface area (Å²) in [6.45, 7) is 4.27. The van der Waals surface area contributed by atoms with Gasteiger partial charge >= 0.3 is 11.8 Å². The third-order valence-electron chi connectivity index (χ3n) is 4.92. The number of hydrogen-bond donors (Lipinski definition) is 1. The molecular weight excluding hydrogens is 376 g/mol. The summed E-state index contributed by atoms with van der Waals surface area (Å²) in [7, 11) is -3.54. The summed E-state index contributed by atoms with van der Waals surface area (Å²) in [6.07, 6.45) is 2.68. The molecule has 3 rings (SSSR count). The first-order valence-electron chi connectivity index (χ1n) is 9.16. The van der Waals surface area contributed by atoms with Crippen molar-refractivity contribution < 1.29 is 18.0 Å². The molecule has 0 aliphatic carbocycles. The van der Waals surface area contributed by atoms with E-state index in [1.165, 1.54) is 6.07 Å². The second kappa shape index (κ2) is 7.75. The van der Waals surface area contributed by atoms with E-state index in [2.05, 4.69) is 5.32 Å². The van der Waals surface area contributed by atoms with E-state index >= 15 is 0 Å². The van der Waals surface area contributed by atoms with Gasteiger partial charge in [-0.15, -0.1) is 0 Å². The first kappa shape index (κ1) is 20.1. The van der Waals surface area contributed by atoms with Gasteiger partial charge in [0.2, 0.25) is 0 Å². The number of rotatable bonds is 3. The molecule has 0 spiro atoms. The maximum absolute atomic E-state index is 12.8. The van der Waals surface area contributed by atoms with Crippen molar-refractivity contribution >= 4 is 27.3 Å². The van der Waals surface area contributed by atoms with Gasteiger partial charge in [0.1, 0.15) is 0 Å². The van der Waals surface area contributed by atoms with Gasteiger partial charge in [-0.3, -0.25) is 9.59 Å². The van der Waals surface area contributed by atoms with Crippen LogP contribution in [0.3, 0.4) is 0 Å². The highest BCUT2D eigenvalue weighted by Gasteiger charge is 2.34. The number of nitrogens with zero attached hydrogens (tertiary/aromatic N) is 1. The van der Waals surface area contributed by atoms with Gasteiger partial charge in [0.05, 0.1) is 16.6 Å². The molecule has 0 saturated carbocycles. The molecule has 2 aromatic carbocycles. The van der Waals surface area contributed by atoms with E-state index in [1.807, 2.05) is 31.2 Å². The molecule has 148 valence electrons. The van der Waals surface area contributed by atoms with Gasteiger partial charge in [-0.25, -0.2) is 8.42 Å². The molecule has 1 fully saturated rings. The van der Waals surface area contributed by atoms with E-state index in [0.717, 1.165) is 35.8 Å². The maximum atomic E-state index is 12.8. The molecule has 1 atom stereocenters. The SMILES string of the molecule is Cc1cccc([C@H]2CCCN2C(=O)C(=O)Nc2cc(C)ccc2S(C)(=O)=O)c1. The zero-order valence-corrected chi connectivity index (χ0v) is 17.0. The van der Waals surface area contributed by atoms with Crippen LogP contribution >= 0.6 is 0 Å². The van der Waals surface area contributed by atoms with Crippen LogP contribution in [0.2, 0.25) is 0 Å². The molecule has 28 heavy (non-hydrogen) atoms. The Labute approximate surface area is 165 Å². The van der Waals surface area contributed by atoms with E-state index in [4.69, 9.17) is 0 Å². The lowest BCUT2D eigenvalue weighted by atomic mass is 10.0. The Kier molecular flexibility index (Phi) is 5.56. The van der Waals surface area contributed by atoms with E-state index in [0.29, 0.717) is 6.54 Å². The monoisotopic (exact) mass is 400 g/mol. The number of amides is 2. The quantitative estimate of drug-likeness (QED) is 0.803. The highest BCUT2D eigenvalue weighted by atomic mass is 32.2. The second-order valence-corrected chi connectivity index (χ2v) is 9.28. The minimum absolute atomic E-state index is 0.00379. The molecule has 0 unspecified atom stereocenters. The fourth-order valence-corrected chi connectivity index (χ4v) is 4.43. The molecule has 1 heterocycles. The van der Waals surface area contributed by atoms with E-state index in [1.54, 1.807) is 24.0 Å². The molecule has 2 amide bonds. The number of aryl methyl sites for hydroxylation is 2. The Morgan fingerprint density at radius 2 is 1.79 bits per heavy atom. The van der Waals surface area contributed by atoms with Gasteiger partial charge in [-0.1, -0.05) is 35.9 Å². The van der Waals surface area contributed by atoms with Gasteiger partial charge in [-0.2, -0.15) is 0 Å². The number of likely N-dealkylation sites (tertiary alicyclic amines) is 1. The van der Waals surface area contributed by atoms with Gasteiger partial charge in [0, 0.05) is 12.8 Å². The molecular formula is C21H24N2O4S. The Balaban J connectivity index is 1.84. The molecule has 1 aliphatic rings. The van der Waals surface area contributed by atoms with Crippen molar-refractivity contribution in [1.82, 2.24) is 4.90 Å². The van der Waals surface area contributed by atoms with Crippen LogP contribution < -0.4 is 5.32 Å². The topological polar surface area (TPSA) is 83.6 Å². The van der Waals surface area contributed by atoms with Crippen LogP contribution in [0.25, 0.3) is 0 Å². The van der Waals surface area contributed by atoms with Crippen LogP contribution in [0.5, 0.6) is 0 Å². The lowest BCUT2D eigenvalue weighted by molar-refractivity contribution is -0.143. The Bertz CT molecular complexity index is 1030. The van der Waals surface area contributed by atoms with Crippen molar-refractivity contribution in [2.24, 2.45) is 0 Å². The van der Waals surface area contributed by atoms with Gasteiger partial charge in [0.15, 0.2) is 9.84 Å². The van der Waals surface area contributed by atoms with Gasteiger partial charge in [0.25, 0.3) is 0 Å². The van der Waals surface area contributed by atoms with E-state index in [9.17, 15) is 18.0 Å². The summed E-state index contributed by atoms with van der Waals surface area (Å²) in [5.74, 6) is -1.47. The summed E-state index contributed by atoms with van der Waals surface area (Å²) >= 11 is 0. The fourth-order valence-electron chi connectivity index (χ4n) is 3.60. The number of benzene rings is 2. The zero-order chi connectivity index (χ0) is 20.5. The summed E-state index contributed by atoms with van der Waals surface area (Å²) in [4.78, 5) is 27.0. The van der Waals surface area contributed by atoms with Crippen molar-refractivity contribution in [3.8, 4) is 0 Å². The number of hydrogen-bond acceptors (Lipinski definition) is 4. The average molecular weight is 401 g/mol. The van der Waals surface area contributed by atoms with Crippen molar-refractivity contribution in [3.63, 3.8) is 0 Å². The molecule has 1 aliphatic heterocycles. The first-order chi connectivity index (χ1) is 13.2. The van der Waals surface area contributed by atoms with Crippen molar-refractivity contribution in [1.29, 1.82) is 0 Å². The van der Waals surface area contributed by atoms with Gasteiger partial charge < -0.3 is 10.2 Å². The minimum Gasteiger partial charge on any atom is -0.327 e. The highest BCUT2D eigenvalue weighted by Crippen LogP contribution is 2.32. The van der Waals surface area contributed by atoms with Crippen molar-refractivity contribution in [3.05, 3.63) is 59.2 Å². The summed E-state index contributed by atoms with van der Waals surface area (Å²) < 4.78 is 24.0. The molecule has 1 saturated heterocycles. The summed E-state index contributed by atoms with van der Waals surface area (Å²) in [5, 5.41) is 2.51. The van der Waals surface area contributed by atoms with E-state index in [-0.39, 0.29) is 16.6 Å². The van der Waals surface area contributed by atoms with Crippen molar-refractivity contribution in [2.75, 3.05) is 18.1 Å². The largest absolute Gasteiger partial charge is 0.327 e. The number of carbonyl (C=O) groups excluding carboxylic acids is 2. The number of carbonyl (C=O) groups is 2.